The molecule has 0 radical (unpaired) electrons. The molecule has 1 unspecified atom stereocenters. The highest BCUT2D eigenvalue weighted by atomic mass is 16.5. The summed E-state index contributed by atoms with van der Waals surface area (Å²) in [4.78, 5) is 0. The molecule has 0 aliphatic carbocycles. The van der Waals surface area contributed by atoms with E-state index in [-0.39, 0.29) is 0 Å². The van der Waals surface area contributed by atoms with Crippen LogP contribution in [0.4, 0.5) is 0 Å². The first-order chi connectivity index (χ1) is 5.42. The van der Waals surface area contributed by atoms with Crippen LogP contribution in [0, 0.1) is 11.3 Å². The fourth-order valence-electron chi connectivity index (χ4n) is 1.20. The maximum Gasteiger partial charge on any atom is 0.185 e. The summed E-state index contributed by atoms with van der Waals surface area (Å²) in [7, 11) is 0. The van der Waals surface area contributed by atoms with Crippen molar-refractivity contribution in [2.75, 3.05) is 6.61 Å². The number of ether oxygens (including phenoxy) is 1. The lowest BCUT2D eigenvalue weighted by Gasteiger charge is -2.18. The molecule has 4 heteroatoms. The van der Waals surface area contributed by atoms with Crippen LogP contribution in [0.5, 0.6) is 0 Å². The number of hydrogen-bond donors (Lipinski definition) is 0. The van der Waals surface area contributed by atoms with E-state index in [2.05, 4.69) is 11.2 Å². The van der Waals surface area contributed by atoms with Gasteiger partial charge in [-0.2, -0.15) is 10.4 Å². The summed E-state index contributed by atoms with van der Waals surface area (Å²) < 4.78 is 6.99. The molecule has 2 heterocycles. The molecule has 56 valence electrons. The zero-order valence-electron chi connectivity index (χ0n) is 5.90. The van der Waals surface area contributed by atoms with Crippen molar-refractivity contribution in [2.24, 2.45) is 0 Å². The Balaban J connectivity index is 2.41. The van der Waals surface area contributed by atoms with Crippen LogP contribution < -0.4 is 0 Å². The predicted molar refractivity (Wildman–Crippen MR) is 36.5 cm³/mol. The van der Waals surface area contributed by atoms with Crippen molar-refractivity contribution >= 4 is 0 Å². The van der Waals surface area contributed by atoms with Crippen LogP contribution in [-0.4, -0.2) is 16.4 Å². The minimum absolute atomic E-state index is 0.425. The lowest BCUT2D eigenvalue weighted by Crippen LogP contribution is -2.20. The molecule has 0 aromatic carbocycles. The molecule has 0 N–H and O–H groups in total. The van der Waals surface area contributed by atoms with Gasteiger partial charge in [0.05, 0.1) is 18.8 Å². The first-order valence-corrected chi connectivity index (χ1v) is 3.45. The molecule has 0 amide bonds. The van der Waals surface area contributed by atoms with E-state index in [0.29, 0.717) is 6.61 Å². The minimum Gasteiger partial charge on any atom is -0.355 e. The summed E-state index contributed by atoms with van der Waals surface area (Å²) in [6.45, 7) is 1.33. The molecule has 11 heavy (non-hydrogen) atoms. The van der Waals surface area contributed by atoms with Gasteiger partial charge in [0.15, 0.2) is 6.10 Å². The van der Waals surface area contributed by atoms with Gasteiger partial charge in [-0.25, -0.2) is 0 Å². The molecule has 0 saturated carbocycles. The molecular weight excluding hydrogens is 142 g/mol. The highest BCUT2D eigenvalue weighted by molar-refractivity contribution is 5.13. The third-order valence-corrected chi connectivity index (χ3v) is 1.72. The van der Waals surface area contributed by atoms with Gasteiger partial charge in [-0.05, 0) is 6.07 Å². The number of rotatable bonds is 0. The van der Waals surface area contributed by atoms with E-state index >= 15 is 0 Å². The van der Waals surface area contributed by atoms with Crippen LogP contribution in [0.25, 0.3) is 0 Å². The fourth-order valence-corrected chi connectivity index (χ4v) is 1.20. The van der Waals surface area contributed by atoms with Gasteiger partial charge < -0.3 is 4.74 Å². The first kappa shape index (κ1) is 6.38. The summed E-state index contributed by atoms with van der Waals surface area (Å²) >= 11 is 0. The van der Waals surface area contributed by atoms with Gasteiger partial charge in [-0.15, -0.1) is 0 Å². The van der Waals surface area contributed by atoms with E-state index in [0.717, 1.165) is 12.2 Å². The molecule has 1 aromatic rings. The first-order valence-electron chi connectivity index (χ1n) is 3.45. The Labute approximate surface area is 64.0 Å². The molecule has 1 atom stereocenters. The van der Waals surface area contributed by atoms with E-state index < -0.39 is 6.10 Å². The Morgan fingerprint density at radius 1 is 1.82 bits per heavy atom. The van der Waals surface area contributed by atoms with Gasteiger partial charge >= 0.3 is 0 Å². The van der Waals surface area contributed by atoms with Gasteiger partial charge in [0, 0.05) is 6.20 Å². The van der Waals surface area contributed by atoms with Crippen molar-refractivity contribution in [2.45, 2.75) is 12.6 Å². The third-order valence-electron chi connectivity index (χ3n) is 1.72. The number of fused-ring (bicyclic) bond motifs is 1. The Bertz CT molecular complexity index is 299. The highest BCUT2D eigenvalue weighted by Gasteiger charge is 2.19. The normalized spacial score (nSPS) is 22.3. The Kier molecular flexibility index (Phi) is 1.37. The lowest BCUT2D eigenvalue weighted by molar-refractivity contribution is 0.0516. The van der Waals surface area contributed by atoms with Crippen LogP contribution in [0.15, 0.2) is 12.3 Å². The highest BCUT2D eigenvalue weighted by Crippen LogP contribution is 2.19. The Morgan fingerprint density at radius 2 is 2.73 bits per heavy atom. The standard InChI is InChI=1S/C7H7N3O/c8-5-7-6-1-2-9-10(6)3-4-11-7/h1-2,7H,3-4H2. The topological polar surface area (TPSA) is 50.8 Å². The van der Waals surface area contributed by atoms with Gasteiger partial charge in [-0.1, -0.05) is 0 Å². The SMILES string of the molecule is N#CC1OCCn2nccc21. The van der Waals surface area contributed by atoms with Crippen molar-refractivity contribution in [3.05, 3.63) is 18.0 Å². The van der Waals surface area contributed by atoms with E-state index in [1.165, 1.54) is 0 Å². The molecule has 1 aromatic heterocycles. The van der Waals surface area contributed by atoms with Crippen LogP contribution in [0.2, 0.25) is 0 Å². The summed E-state index contributed by atoms with van der Waals surface area (Å²) in [6.07, 6.45) is 1.26. The van der Waals surface area contributed by atoms with Gasteiger partial charge in [0.1, 0.15) is 6.07 Å². The summed E-state index contributed by atoms with van der Waals surface area (Å²) in [5.41, 5.74) is 0.860. The second kappa shape index (κ2) is 2.36. The smallest absolute Gasteiger partial charge is 0.185 e. The molecule has 0 saturated heterocycles. The summed E-state index contributed by atoms with van der Waals surface area (Å²) in [6, 6.07) is 3.88. The fraction of sp³-hybridized carbons (Fsp3) is 0.429. The average molecular weight is 149 g/mol. The van der Waals surface area contributed by atoms with Crippen LogP contribution in [-0.2, 0) is 11.3 Å². The second-order valence-corrected chi connectivity index (χ2v) is 2.36. The third kappa shape index (κ3) is 0.900. The van der Waals surface area contributed by atoms with E-state index in [1.807, 2.05) is 6.07 Å². The Morgan fingerprint density at radius 3 is 3.55 bits per heavy atom. The van der Waals surface area contributed by atoms with Gasteiger partial charge in [-0.3, -0.25) is 4.68 Å². The second-order valence-electron chi connectivity index (χ2n) is 2.36. The largest absolute Gasteiger partial charge is 0.355 e. The van der Waals surface area contributed by atoms with Gasteiger partial charge in [0.2, 0.25) is 0 Å². The Hall–Kier alpha value is -1.34. The molecule has 4 nitrogen and oxygen atoms in total. The van der Waals surface area contributed by atoms with Crippen molar-refractivity contribution < 1.29 is 4.74 Å². The minimum atomic E-state index is -0.425. The maximum atomic E-state index is 8.64. The van der Waals surface area contributed by atoms with Gasteiger partial charge in [0.25, 0.3) is 0 Å². The number of hydrogen-bond acceptors (Lipinski definition) is 3. The van der Waals surface area contributed by atoms with Crippen molar-refractivity contribution in [1.82, 2.24) is 9.78 Å². The number of nitriles is 1. The summed E-state index contributed by atoms with van der Waals surface area (Å²) in [5.74, 6) is 0. The average Bonchev–Trinajstić information content (AvgIpc) is 2.50. The monoisotopic (exact) mass is 149 g/mol. The maximum absolute atomic E-state index is 8.64. The zero-order valence-corrected chi connectivity index (χ0v) is 5.90. The summed E-state index contributed by atoms with van der Waals surface area (Å²) in [5, 5.41) is 12.7. The van der Waals surface area contributed by atoms with Crippen LogP contribution in [0.1, 0.15) is 11.8 Å². The van der Waals surface area contributed by atoms with E-state index in [4.69, 9.17) is 10.00 Å². The molecule has 0 spiro atoms. The van der Waals surface area contributed by atoms with E-state index in [1.54, 1.807) is 10.9 Å². The number of nitrogens with zero attached hydrogens (tertiary/aromatic N) is 3. The molecule has 1 aliphatic rings. The van der Waals surface area contributed by atoms with Crippen molar-refractivity contribution in [1.29, 1.82) is 5.26 Å². The quantitative estimate of drug-likeness (QED) is 0.539. The molecule has 0 bridgehead atoms. The molecule has 0 fully saturated rings. The van der Waals surface area contributed by atoms with E-state index in [9.17, 15) is 0 Å². The number of aromatic nitrogens is 2. The molecule has 2 rings (SSSR count). The van der Waals surface area contributed by atoms with Crippen LogP contribution >= 0.6 is 0 Å². The van der Waals surface area contributed by atoms with Crippen molar-refractivity contribution in [3.8, 4) is 6.07 Å². The predicted octanol–water partition coefficient (Wildman–Crippen LogP) is 0.478. The van der Waals surface area contributed by atoms with Crippen molar-refractivity contribution in [3.63, 3.8) is 0 Å². The lowest BCUT2D eigenvalue weighted by atomic mass is 10.2. The van der Waals surface area contributed by atoms with Crippen LogP contribution in [0.3, 0.4) is 0 Å². The molecule has 1 aliphatic heterocycles. The zero-order chi connectivity index (χ0) is 7.68. The molecular formula is C7H7N3O.